The maximum Gasteiger partial charge on any atom is 0.333 e. The molecule has 0 heterocycles. The first-order valence-electron chi connectivity index (χ1n) is 3.05. The Bertz CT molecular complexity index is 99.2. The van der Waals surface area contributed by atoms with Gasteiger partial charge in [0.25, 0.3) is 0 Å². The molecule has 0 spiro atoms. The second-order valence-corrected chi connectivity index (χ2v) is 2.65. The Hall–Kier alpha value is -0.220. The van der Waals surface area contributed by atoms with Crippen molar-refractivity contribution < 1.29 is 14.6 Å². The number of carboxylic acids is 1. The van der Waals surface area contributed by atoms with Gasteiger partial charge in [0.1, 0.15) is 0 Å². The van der Waals surface area contributed by atoms with Crippen LogP contribution < -0.4 is 0 Å². The lowest BCUT2D eigenvalue weighted by Crippen LogP contribution is -2.26. The van der Waals surface area contributed by atoms with Gasteiger partial charge in [0.15, 0.2) is 6.10 Å². The van der Waals surface area contributed by atoms with Crippen LogP contribution in [0.15, 0.2) is 0 Å². The topological polar surface area (TPSA) is 46.5 Å². The molecule has 0 amide bonds. The molecular weight excluding hydrogens is 152 g/mol. The summed E-state index contributed by atoms with van der Waals surface area (Å²) in [6.07, 6.45) is 1.22. The SMILES string of the molecule is CCOC(CSC)C(=O)O. The molecule has 1 unspecified atom stereocenters. The zero-order valence-electron chi connectivity index (χ0n) is 6.16. The fourth-order valence-electron chi connectivity index (χ4n) is 0.543. The van der Waals surface area contributed by atoms with E-state index in [1.807, 2.05) is 6.26 Å². The number of aliphatic carboxylic acids is 1. The van der Waals surface area contributed by atoms with E-state index in [1.54, 1.807) is 6.92 Å². The molecule has 0 bridgehead atoms. The third-order valence-corrected chi connectivity index (χ3v) is 1.60. The van der Waals surface area contributed by atoms with E-state index in [0.29, 0.717) is 12.4 Å². The summed E-state index contributed by atoms with van der Waals surface area (Å²) in [7, 11) is 0. The van der Waals surface area contributed by atoms with E-state index in [1.165, 1.54) is 11.8 Å². The van der Waals surface area contributed by atoms with Crippen molar-refractivity contribution in [1.82, 2.24) is 0 Å². The van der Waals surface area contributed by atoms with E-state index < -0.39 is 12.1 Å². The summed E-state index contributed by atoms with van der Waals surface area (Å²) >= 11 is 1.47. The Morgan fingerprint density at radius 1 is 1.80 bits per heavy atom. The van der Waals surface area contributed by atoms with Crippen molar-refractivity contribution in [2.24, 2.45) is 0 Å². The molecule has 0 aliphatic rings. The van der Waals surface area contributed by atoms with Crippen molar-refractivity contribution in [1.29, 1.82) is 0 Å². The number of carboxylic acid groups (broad SMARTS) is 1. The predicted molar refractivity (Wildman–Crippen MR) is 41.4 cm³/mol. The largest absolute Gasteiger partial charge is 0.479 e. The van der Waals surface area contributed by atoms with Gasteiger partial charge in [-0.15, -0.1) is 0 Å². The Labute approximate surface area is 64.8 Å². The smallest absolute Gasteiger partial charge is 0.333 e. The molecule has 0 aliphatic carbocycles. The lowest BCUT2D eigenvalue weighted by atomic mass is 10.4. The summed E-state index contributed by atoms with van der Waals surface area (Å²) in [4.78, 5) is 10.3. The van der Waals surface area contributed by atoms with Crippen LogP contribution in [0, 0.1) is 0 Å². The van der Waals surface area contributed by atoms with Crippen molar-refractivity contribution >= 4 is 17.7 Å². The van der Waals surface area contributed by atoms with Gasteiger partial charge in [-0.3, -0.25) is 0 Å². The Kier molecular flexibility index (Phi) is 5.43. The molecule has 0 saturated heterocycles. The zero-order chi connectivity index (χ0) is 7.98. The van der Waals surface area contributed by atoms with E-state index >= 15 is 0 Å². The van der Waals surface area contributed by atoms with Gasteiger partial charge in [-0.1, -0.05) is 0 Å². The molecule has 0 saturated carbocycles. The van der Waals surface area contributed by atoms with E-state index in [9.17, 15) is 4.79 Å². The minimum atomic E-state index is -0.879. The fourth-order valence-corrected chi connectivity index (χ4v) is 1.08. The van der Waals surface area contributed by atoms with Crippen LogP contribution in [-0.2, 0) is 9.53 Å². The lowest BCUT2D eigenvalue weighted by Gasteiger charge is -2.09. The van der Waals surface area contributed by atoms with Crippen LogP contribution in [0.4, 0.5) is 0 Å². The van der Waals surface area contributed by atoms with Crippen molar-refractivity contribution in [3.63, 3.8) is 0 Å². The quantitative estimate of drug-likeness (QED) is 0.654. The average molecular weight is 164 g/mol. The van der Waals surface area contributed by atoms with E-state index in [0.717, 1.165) is 0 Å². The summed E-state index contributed by atoms with van der Waals surface area (Å²) in [6.45, 7) is 2.24. The molecule has 10 heavy (non-hydrogen) atoms. The fraction of sp³-hybridized carbons (Fsp3) is 0.833. The van der Waals surface area contributed by atoms with Crippen LogP contribution in [0.2, 0.25) is 0 Å². The second-order valence-electron chi connectivity index (χ2n) is 1.74. The Morgan fingerprint density at radius 3 is 2.70 bits per heavy atom. The van der Waals surface area contributed by atoms with Crippen molar-refractivity contribution in [3.8, 4) is 0 Å². The molecular formula is C6H12O3S. The first kappa shape index (κ1) is 9.78. The highest BCUT2D eigenvalue weighted by Crippen LogP contribution is 2.01. The molecule has 0 aromatic carbocycles. The van der Waals surface area contributed by atoms with E-state index in [-0.39, 0.29) is 0 Å². The highest BCUT2D eigenvalue weighted by molar-refractivity contribution is 7.98. The number of carbonyl (C=O) groups is 1. The average Bonchev–Trinajstić information content (AvgIpc) is 1.87. The van der Waals surface area contributed by atoms with Gasteiger partial charge >= 0.3 is 5.97 Å². The normalized spacial score (nSPS) is 13.0. The summed E-state index contributed by atoms with van der Waals surface area (Å²) in [5.41, 5.74) is 0. The maximum atomic E-state index is 10.3. The van der Waals surface area contributed by atoms with Gasteiger partial charge in [0.05, 0.1) is 0 Å². The number of rotatable bonds is 5. The van der Waals surface area contributed by atoms with Crippen LogP contribution in [-0.4, -0.2) is 35.8 Å². The molecule has 0 fully saturated rings. The van der Waals surface area contributed by atoms with Crippen LogP contribution >= 0.6 is 11.8 Å². The molecule has 0 radical (unpaired) electrons. The number of thioether (sulfide) groups is 1. The molecule has 60 valence electrons. The zero-order valence-corrected chi connectivity index (χ0v) is 6.98. The van der Waals surface area contributed by atoms with Gasteiger partial charge in [0.2, 0.25) is 0 Å². The van der Waals surface area contributed by atoms with Gasteiger partial charge in [-0.05, 0) is 13.2 Å². The van der Waals surface area contributed by atoms with Crippen LogP contribution in [0.1, 0.15) is 6.92 Å². The minimum Gasteiger partial charge on any atom is -0.479 e. The molecule has 4 heteroatoms. The van der Waals surface area contributed by atoms with Gasteiger partial charge in [0, 0.05) is 12.4 Å². The van der Waals surface area contributed by atoms with Crippen molar-refractivity contribution in [2.75, 3.05) is 18.6 Å². The Morgan fingerprint density at radius 2 is 2.40 bits per heavy atom. The minimum absolute atomic E-state index is 0.456. The number of hydrogen-bond donors (Lipinski definition) is 1. The van der Waals surface area contributed by atoms with Gasteiger partial charge < -0.3 is 9.84 Å². The van der Waals surface area contributed by atoms with E-state index in [4.69, 9.17) is 9.84 Å². The number of ether oxygens (including phenoxy) is 1. The molecule has 0 aliphatic heterocycles. The summed E-state index contributed by atoms with van der Waals surface area (Å²) < 4.78 is 4.92. The molecule has 1 atom stereocenters. The highest BCUT2D eigenvalue weighted by Gasteiger charge is 2.15. The summed E-state index contributed by atoms with van der Waals surface area (Å²) in [5.74, 6) is -0.361. The Balaban J connectivity index is 3.61. The third-order valence-electron chi connectivity index (χ3n) is 0.961. The van der Waals surface area contributed by atoms with Gasteiger partial charge in [-0.2, -0.15) is 11.8 Å². The first-order valence-corrected chi connectivity index (χ1v) is 4.45. The predicted octanol–water partition coefficient (Wildman–Crippen LogP) is 0.839. The number of hydrogen-bond acceptors (Lipinski definition) is 3. The van der Waals surface area contributed by atoms with E-state index in [2.05, 4.69) is 0 Å². The molecule has 0 aromatic heterocycles. The monoisotopic (exact) mass is 164 g/mol. The van der Waals surface area contributed by atoms with Crippen molar-refractivity contribution in [2.45, 2.75) is 13.0 Å². The lowest BCUT2D eigenvalue weighted by molar-refractivity contribution is -0.148. The second kappa shape index (κ2) is 5.56. The first-order chi connectivity index (χ1) is 4.72. The molecule has 0 aromatic rings. The maximum absolute atomic E-state index is 10.3. The van der Waals surface area contributed by atoms with Crippen molar-refractivity contribution in [3.05, 3.63) is 0 Å². The van der Waals surface area contributed by atoms with Crippen LogP contribution in [0.3, 0.4) is 0 Å². The summed E-state index contributed by atoms with van der Waals surface area (Å²) in [5, 5.41) is 8.50. The highest BCUT2D eigenvalue weighted by atomic mass is 32.2. The molecule has 0 rings (SSSR count). The molecule has 1 N–H and O–H groups in total. The van der Waals surface area contributed by atoms with Crippen LogP contribution in [0.25, 0.3) is 0 Å². The standard InChI is InChI=1S/C6H12O3S/c1-3-9-5(4-10-2)6(7)8/h5H,3-4H2,1-2H3,(H,7,8). The van der Waals surface area contributed by atoms with Gasteiger partial charge in [-0.25, -0.2) is 4.79 Å². The summed E-state index contributed by atoms with van der Waals surface area (Å²) in [6, 6.07) is 0. The van der Waals surface area contributed by atoms with Crippen LogP contribution in [0.5, 0.6) is 0 Å². The molecule has 3 nitrogen and oxygen atoms in total. The third kappa shape index (κ3) is 3.74.